The summed E-state index contributed by atoms with van der Waals surface area (Å²) in [5.74, 6) is 2.41. The highest BCUT2D eigenvalue weighted by Gasteiger charge is 2.20. The molecule has 1 aliphatic rings. The Morgan fingerprint density at radius 3 is 3.10 bits per heavy atom. The van der Waals surface area contributed by atoms with Crippen LogP contribution in [0, 0.1) is 0 Å². The Morgan fingerprint density at radius 2 is 2.29 bits per heavy atom. The molecule has 0 aliphatic heterocycles. The molecule has 0 amide bonds. The van der Waals surface area contributed by atoms with E-state index in [1.807, 2.05) is 11.8 Å². The second-order valence-electron chi connectivity index (χ2n) is 5.51. The van der Waals surface area contributed by atoms with Crippen molar-refractivity contribution >= 4 is 17.7 Å². The van der Waals surface area contributed by atoms with E-state index < -0.39 is 6.04 Å². The molecule has 0 aromatic heterocycles. The average Bonchev–Trinajstić information content (AvgIpc) is 2.51. The lowest BCUT2D eigenvalue weighted by Crippen LogP contribution is -2.32. The lowest BCUT2D eigenvalue weighted by atomic mass is 9.84. The lowest BCUT2D eigenvalue weighted by molar-refractivity contribution is -0.144. The van der Waals surface area contributed by atoms with Crippen molar-refractivity contribution in [1.29, 1.82) is 0 Å². The number of fused-ring (bicyclic) bond motifs is 1. The smallest absolute Gasteiger partial charge is 0.322 e. The summed E-state index contributed by atoms with van der Waals surface area (Å²) in [5, 5.41) is 0. The molecule has 1 aliphatic carbocycles. The van der Waals surface area contributed by atoms with Crippen LogP contribution in [0.5, 0.6) is 0 Å². The van der Waals surface area contributed by atoms with E-state index >= 15 is 0 Å². The van der Waals surface area contributed by atoms with Gasteiger partial charge < -0.3 is 10.5 Å². The topological polar surface area (TPSA) is 52.3 Å². The van der Waals surface area contributed by atoms with Gasteiger partial charge in [0.1, 0.15) is 6.04 Å². The van der Waals surface area contributed by atoms with Crippen molar-refractivity contribution in [2.75, 3.05) is 18.1 Å². The van der Waals surface area contributed by atoms with Gasteiger partial charge in [-0.25, -0.2) is 0 Å². The van der Waals surface area contributed by atoms with Crippen molar-refractivity contribution in [2.45, 2.75) is 44.6 Å². The molecule has 0 heterocycles. The highest BCUT2D eigenvalue weighted by Crippen LogP contribution is 2.33. The number of thioether (sulfide) groups is 1. The minimum atomic E-state index is -0.476. The third kappa shape index (κ3) is 4.75. The Hall–Kier alpha value is -1.00. The van der Waals surface area contributed by atoms with Crippen molar-refractivity contribution in [3.05, 3.63) is 35.4 Å². The van der Waals surface area contributed by atoms with Crippen molar-refractivity contribution in [3.8, 4) is 0 Å². The Balaban J connectivity index is 1.74. The zero-order valence-electron chi connectivity index (χ0n) is 12.7. The van der Waals surface area contributed by atoms with Crippen LogP contribution < -0.4 is 5.73 Å². The molecule has 2 rings (SSSR count). The normalized spacial score (nSPS) is 18.9. The Labute approximate surface area is 131 Å². The summed E-state index contributed by atoms with van der Waals surface area (Å²) in [5.41, 5.74) is 8.84. The van der Waals surface area contributed by atoms with Crippen molar-refractivity contribution in [3.63, 3.8) is 0 Å². The van der Waals surface area contributed by atoms with Crippen LogP contribution in [0.3, 0.4) is 0 Å². The van der Waals surface area contributed by atoms with E-state index in [0.29, 0.717) is 18.9 Å². The maximum absolute atomic E-state index is 11.4. The number of carbonyl (C=O) groups excluding carboxylic acids is 1. The molecule has 3 nitrogen and oxygen atoms in total. The molecular weight excluding hydrogens is 282 g/mol. The zero-order valence-corrected chi connectivity index (χ0v) is 13.5. The minimum absolute atomic E-state index is 0.277. The number of rotatable bonds is 7. The molecule has 0 saturated carbocycles. The minimum Gasteiger partial charge on any atom is -0.465 e. The van der Waals surface area contributed by atoms with Crippen LogP contribution in [-0.2, 0) is 16.0 Å². The number of esters is 1. The molecule has 0 fully saturated rings. The predicted molar refractivity (Wildman–Crippen MR) is 88.7 cm³/mol. The summed E-state index contributed by atoms with van der Waals surface area (Å²) in [6.45, 7) is 2.21. The van der Waals surface area contributed by atoms with Gasteiger partial charge >= 0.3 is 5.97 Å². The molecule has 0 spiro atoms. The highest BCUT2D eigenvalue weighted by molar-refractivity contribution is 7.99. The fourth-order valence-electron chi connectivity index (χ4n) is 2.83. The third-order valence-electron chi connectivity index (χ3n) is 3.98. The SMILES string of the molecule is CCOC(=O)C(N)CCSCC1CCCc2ccccc21. The molecule has 0 radical (unpaired) electrons. The first-order valence-corrected chi connectivity index (χ1v) is 8.95. The summed E-state index contributed by atoms with van der Waals surface area (Å²) < 4.78 is 4.92. The number of nitrogens with two attached hydrogens (primary N) is 1. The first-order valence-electron chi connectivity index (χ1n) is 7.80. The standard InChI is InChI=1S/C17H25NO2S/c1-2-20-17(19)16(18)10-11-21-12-14-8-5-7-13-6-3-4-9-15(13)14/h3-4,6,9,14,16H,2,5,7-8,10-12,18H2,1H3. The van der Waals surface area contributed by atoms with E-state index in [2.05, 4.69) is 24.3 Å². The van der Waals surface area contributed by atoms with Gasteiger partial charge in [-0.1, -0.05) is 24.3 Å². The van der Waals surface area contributed by atoms with Gasteiger partial charge in [-0.3, -0.25) is 4.79 Å². The average molecular weight is 307 g/mol. The molecule has 116 valence electrons. The van der Waals surface area contributed by atoms with Gasteiger partial charge in [0, 0.05) is 5.75 Å². The van der Waals surface area contributed by atoms with Crippen molar-refractivity contribution in [2.24, 2.45) is 5.73 Å². The first-order chi connectivity index (χ1) is 10.2. The summed E-state index contributed by atoms with van der Waals surface area (Å²) in [6, 6.07) is 8.31. The second-order valence-corrected chi connectivity index (χ2v) is 6.66. The molecule has 2 unspecified atom stereocenters. The quantitative estimate of drug-likeness (QED) is 0.621. The van der Waals surface area contributed by atoms with Crippen LogP contribution in [0.1, 0.15) is 43.2 Å². The van der Waals surface area contributed by atoms with Crippen LogP contribution in [0.25, 0.3) is 0 Å². The number of hydrogen-bond acceptors (Lipinski definition) is 4. The number of benzene rings is 1. The number of carbonyl (C=O) groups is 1. The van der Waals surface area contributed by atoms with E-state index in [1.54, 1.807) is 6.92 Å². The molecule has 2 N–H and O–H groups in total. The van der Waals surface area contributed by atoms with Gasteiger partial charge in [0.2, 0.25) is 0 Å². The molecule has 0 saturated heterocycles. The number of hydrogen-bond donors (Lipinski definition) is 1. The molecule has 1 aromatic rings. The van der Waals surface area contributed by atoms with E-state index in [-0.39, 0.29) is 5.97 Å². The van der Waals surface area contributed by atoms with Gasteiger partial charge in [0.25, 0.3) is 0 Å². The van der Waals surface area contributed by atoms with E-state index in [4.69, 9.17) is 10.5 Å². The summed E-state index contributed by atoms with van der Waals surface area (Å²) in [6.07, 6.45) is 4.46. The molecule has 21 heavy (non-hydrogen) atoms. The van der Waals surface area contributed by atoms with E-state index in [0.717, 1.165) is 11.5 Å². The summed E-state index contributed by atoms with van der Waals surface area (Å²) in [4.78, 5) is 11.4. The first kappa shape index (κ1) is 16.4. The zero-order chi connectivity index (χ0) is 15.1. The number of ether oxygens (including phenoxy) is 1. The monoisotopic (exact) mass is 307 g/mol. The maximum Gasteiger partial charge on any atom is 0.322 e. The molecule has 4 heteroatoms. The summed E-state index contributed by atoms with van der Waals surface area (Å²) in [7, 11) is 0. The predicted octanol–water partition coefficient (Wildman–Crippen LogP) is 3.12. The fourth-order valence-corrected chi connectivity index (χ4v) is 4.05. The van der Waals surface area contributed by atoms with Crippen LogP contribution in [0.2, 0.25) is 0 Å². The van der Waals surface area contributed by atoms with Gasteiger partial charge in [-0.2, -0.15) is 11.8 Å². The molecule has 0 bridgehead atoms. The van der Waals surface area contributed by atoms with Crippen molar-refractivity contribution in [1.82, 2.24) is 0 Å². The lowest BCUT2D eigenvalue weighted by Gasteiger charge is -2.25. The third-order valence-corrected chi connectivity index (χ3v) is 5.14. The maximum atomic E-state index is 11.4. The number of aryl methyl sites for hydroxylation is 1. The Bertz CT molecular complexity index is 464. The Morgan fingerprint density at radius 1 is 1.48 bits per heavy atom. The van der Waals surface area contributed by atoms with Gasteiger partial charge in [0.05, 0.1) is 6.61 Å². The fraction of sp³-hybridized carbons (Fsp3) is 0.588. The second kappa shape index (κ2) is 8.44. The van der Waals surface area contributed by atoms with Crippen LogP contribution >= 0.6 is 11.8 Å². The van der Waals surface area contributed by atoms with Crippen LogP contribution in [0.15, 0.2) is 24.3 Å². The van der Waals surface area contributed by atoms with Gasteiger partial charge in [0.15, 0.2) is 0 Å². The molecule has 1 aromatic carbocycles. The highest BCUT2D eigenvalue weighted by atomic mass is 32.2. The van der Waals surface area contributed by atoms with Crippen LogP contribution in [-0.4, -0.2) is 30.1 Å². The van der Waals surface area contributed by atoms with E-state index in [1.165, 1.54) is 30.4 Å². The van der Waals surface area contributed by atoms with Gasteiger partial charge in [-0.15, -0.1) is 0 Å². The van der Waals surface area contributed by atoms with Crippen molar-refractivity contribution < 1.29 is 9.53 Å². The Kier molecular flexibility index (Phi) is 6.58. The molecule has 2 atom stereocenters. The summed E-state index contributed by atoms with van der Waals surface area (Å²) >= 11 is 1.90. The van der Waals surface area contributed by atoms with Crippen LogP contribution in [0.4, 0.5) is 0 Å². The largest absolute Gasteiger partial charge is 0.465 e. The van der Waals surface area contributed by atoms with Gasteiger partial charge in [-0.05, 0) is 55.4 Å². The molecular formula is C17H25NO2S. The van der Waals surface area contributed by atoms with E-state index in [9.17, 15) is 4.79 Å².